The van der Waals surface area contributed by atoms with Crippen LogP contribution in [0.15, 0.2) is 36.4 Å². The van der Waals surface area contributed by atoms with Gasteiger partial charge in [0, 0.05) is 0 Å². The summed E-state index contributed by atoms with van der Waals surface area (Å²) in [5, 5.41) is 0. The van der Waals surface area contributed by atoms with Crippen molar-refractivity contribution in [3.05, 3.63) is 47.5 Å². The van der Waals surface area contributed by atoms with Gasteiger partial charge in [-0.1, -0.05) is 44.0 Å². The molecule has 0 amide bonds. The van der Waals surface area contributed by atoms with Crippen LogP contribution in [0.1, 0.15) is 20.8 Å². The van der Waals surface area contributed by atoms with Crippen molar-refractivity contribution in [3.63, 3.8) is 0 Å². The first-order chi connectivity index (χ1) is 12.6. The molecule has 2 aliphatic heterocycles. The minimum Gasteiger partial charge on any atom is -0.486 e. The van der Waals surface area contributed by atoms with Gasteiger partial charge in [0.1, 0.15) is 26.4 Å². The summed E-state index contributed by atoms with van der Waals surface area (Å²) >= 11 is 7.04. The van der Waals surface area contributed by atoms with Gasteiger partial charge in [0.2, 0.25) is 0 Å². The maximum absolute atomic E-state index is 12.9. The van der Waals surface area contributed by atoms with Crippen molar-refractivity contribution in [2.45, 2.75) is 9.65 Å². The van der Waals surface area contributed by atoms with Crippen LogP contribution in [-0.2, 0) is 4.79 Å². The molecule has 0 saturated carbocycles. The SMILES string of the molecule is O=C(C(Br)c1ccc2c(c1)OCCO2)C(Br)c1ccc2c(c1)OCCO2. The van der Waals surface area contributed by atoms with E-state index in [-0.39, 0.29) is 5.78 Å². The Morgan fingerprint density at radius 3 is 1.50 bits per heavy atom. The van der Waals surface area contributed by atoms with E-state index in [1.807, 2.05) is 36.4 Å². The zero-order chi connectivity index (χ0) is 18.1. The Kier molecular flexibility index (Phi) is 5.09. The Labute approximate surface area is 167 Å². The number of hydrogen-bond donors (Lipinski definition) is 0. The van der Waals surface area contributed by atoms with Crippen LogP contribution in [-0.4, -0.2) is 32.2 Å². The van der Waals surface area contributed by atoms with Gasteiger partial charge < -0.3 is 18.9 Å². The number of alkyl halides is 2. The van der Waals surface area contributed by atoms with E-state index in [1.165, 1.54) is 0 Å². The van der Waals surface area contributed by atoms with Gasteiger partial charge in [0.15, 0.2) is 28.8 Å². The largest absolute Gasteiger partial charge is 0.486 e. The van der Waals surface area contributed by atoms with E-state index in [0.29, 0.717) is 49.4 Å². The van der Waals surface area contributed by atoms with Gasteiger partial charge in [-0.15, -0.1) is 0 Å². The summed E-state index contributed by atoms with van der Waals surface area (Å²) in [4.78, 5) is 12.0. The number of halogens is 2. The molecule has 4 rings (SSSR count). The third kappa shape index (κ3) is 3.42. The van der Waals surface area contributed by atoms with Crippen molar-refractivity contribution >= 4 is 37.6 Å². The van der Waals surface area contributed by atoms with Gasteiger partial charge in [-0.25, -0.2) is 0 Å². The fraction of sp³-hybridized carbons (Fsp3) is 0.316. The van der Waals surface area contributed by atoms with Crippen LogP contribution in [0.3, 0.4) is 0 Å². The molecule has 0 bridgehead atoms. The Morgan fingerprint density at radius 1 is 0.692 bits per heavy atom. The van der Waals surface area contributed by atoms with E-state index in [4.69, 9.17) is 18.9 Å². The Balaban J connectivity index is 1.54. The van der Waals surface area contributed by atoms with Crippen molar-refractivity contribution < 1.29 is 23.7 Å². The smallest absolute Gasteiger partial charge is 0.168 e. The highest BCUT2D eigenvalue weighted by atomic mass is 79.9. The molecule has 2 aromatic rings. The maximum Gasteiger partial charge on any atom is 0.168 e. The quantitative estimate of drug-likeness (QED) is 0.604. The lowest BCUT2D eigenvalue weighted by Crippen LogP contribution is -2.17. The molecule has 0 fully saturated rings. The molecule has 0 spiro atoms. The first-order valence-electron chi connectivity index (χ1n) is 8.24. The van der Waals surface area contributed by atoms with Gasteiger partial charge in [0.25, 0.3) is 0 Å². The van der Waals surface area contributed by atoms with Gasteiger partial charge in [-0.05, 0) is 35.4 Å². The zero-order valence-corrected chi connectivity index (χ0v) is 16.9. The molecule has 5 nitrogen and oxygen atoms in total. The number of carbonyl (C=O) groups excluding carboxylic acids is 1. The van der Waals surface area contributed by atoms with Gasteiger partial charge >= 0.3 is 0 Å². The molecule has 0 radical (unpaired) electrons. The second kappa shape index (κ2) is 7.48. The van der Waals surface area contributed by atoms with Crippen LogP contribution in [0.4, 0.5) is 0 Å². The lowest BCUT2D eigenvalue weighted by Gasteiger charge is -2.22. The summed E-state index contributed by atoms with van der Waals surface area (Å²) in [7, 11) is 0. The first-order valence-corrected chi connectivity index (χ1v) is 10.1. The number of ether oxygens (including phenoxy) is 4. The summed E-state index contributed by atoms with van der Waals surface area (Å²) in [5.41, 5.74) is 1.64. The van der Waals surface area contributed by atoms with Crippen LogP contribution < -0.4 is 18.9 Å². The average molecular weight is 484 g/mol. The summed E-state index contributed by atoms with van der Waals surface area (Å²) in [6, 6.07) is 11.1. The molecule has 7 heteroatoms. The molecule has 26 heavy (non-hydrogen) atoms. The third-order valence-electron chi connectivity index (χ3n) is 4.22. The summed E-state index contributed by atoms with van der Waals surface area (Å²) in [6.07, 6.45) is 0. The minimum absolute atomic E-state index is 0.0154. The molecule has 2 unspecified atom stereocenters. The Bertz CT molecular complexity index is 771. The normalized spacial score (nSPS) is 17.3. The number of Topliss-reactive ketones (excluding diaryl/α,β-unsaturated/α-hetero) is 1. The van der Waals surface area contributed by atoms with Crippen molar-refractivity contribution in [2.75, 3.05) is 26.4 Å². The van der Waals surface area contributed by atoms with E-state index < -0.39 is 9.65 Å². The zero-order valence-electron chi connectivity index (χ0n) is 13.7. The van der Waals surface area contributed by atoms with Crippen LogP contribution in [0, 0.1) is 0 Å². The molecule has 2 aromatic carbocycles. The van der Waals surface area contributed by atoms with E-state index >= 15 is 0 Å². The van der Waals surface area contributed by atoms with Crippen molar-refractivity contribution in [1.29, 1.82) is 0 Å². The highest BCUT2D eigenvalue weighted by molar-refractivity contribution is 9.10. The fourth-order valence-electron chi connectivity index (χ4n) is 2.89. The van der Waals surface area contributed by atoms with Gasteiger partial charge in [-0.3, -0.25) is 4.79 Å². The fourth-order valence-corrected chi connectivity index (χ4v) is 4.35. The molecule has 0 aromatic heterocycles. The highest BCUT2D eigenvalue weighted by Crippen LogP contribution is 2.41. The molecule has 2 aliphatic rings. The maximum atomic E-state index is 12.9. The van der Waals surface area contributed by atoms with E-state index in [2.05, 4.69) is 31.9 Å². The summed E-state index contributed by atoms with van der Waals surface area (Å²) in [6.45, 7) is 2.10. The summed E-state index contributed by atoms with van der Waals surface area (Å²) < 4.78 is 22.3. The molecular formula is C19H16Br2O5. The molecule has 0 N–H and O–H groups in total. The van der Waals surface area contributed by atoms with Gasteiger partial charge in [-0.2, -0.15) is 0 Å². The number of rotatable bonds is 4. The lowest BCUT2D eigenvalue weighted by molar-refractivity contribution is -0.118. The number of fused-ring (bicyclic) bond motifs is 2. The van der Waals surface area contributed by atoms with Crippen molar-refractivity contribution in [3.8, 4) is 23.0 Å². The molecule has 136 valence electrons. The van der Waals surface area contributed by atoms with Gasteiger partial charge in [0.05, 0.1) is 9.65 Å². The number of carbonyl (C=O) groups is 1. The van der Waals surface area contributed by atoms with Crippen molar-refractivity contribution in [1.82, 2.24) is 0 Å². The lowest BCUT2D eigenvalue weighted by atomic mass is 10.0. The van der Waals surface area contributed by atoms with Crippen LogP contribution >= 0.6 is 31.9 Å². The number of benzene rings is 2. The van der Waals surface area contributed by atoms with Crippen LogP contribution in [0.5, 0.6) is 23.0 Å². The second-order valence-corrected chi connectivity index (χ2v) is 7.77. The Hall–Kier alpha value is -1.73. The topological polar surface area (TPSA) is 54.0 Å². The average Bonchev–Trinajstić information content (AvgIpc) is 2.71. The highest BCUT2D eigenvalue weighted by Gasteiger charge is 2.28. The van der Waals surface area contributed by atoms with Crippen LogP contribution in [0.25, 0.3) is 0 Å². The number of hydrogen-bond acceptors (Lipinski definition) is 5. The van der Waals surface area contributed by atoms with E-state index in [1.54, 1.807) is 0 Å². The predicted octanol–water partition coefficient (Wildman–Crippen LogP) is 4.37. The van der Waals surface area contributed by atoms with Crippen molar-refractivity contribution in [2.24, 2.45) is 0 Å². The first kappa shape index (κ1) is 17.7. The Morgan fingerprint density at radius 2 is 1.08 bits per heavy atom. The molecule has 2 heterocycles. The third-order valence-corrected chi connectivity index (χ3v) is 6.18. The molecule has 2 atom stereocenters. The monoisotopic (exact) mass is 482 g/mol. The van der Waals surface area contributed by atoms with E-state index in [0.717, 1.165) is 11.1 Å². The van der Waals surface area contributed by atoms with E-state index in [9.17, 15) is 4.79 Å². The molecule has 0 saturated heterocycles. The molecule has 0 aliphatic carbocycles. The standard InChI is InChI=1S/C19H16Br2O5/c20-17(11-1-3-13-15(9-11)25-7-5-23-13)19(22)18(21)12-2-4-14-16(10-12)26-8-6-24-14/h1-4,9-10,17-18H,5-8H2. The summed E-state index contributed by atoms with van der Waals surface area (Å²) in [5.74, 6) is 2.72. The minimum atomic E-state index is -0.476. The molecular weight excluding hydrogens is 468 g/mol. The predicted molar refractivity (Wildman–Crippen MR) is 103 cm³/mol. The number of ketones is 1. The van der Waals surface area contributed by atoms with Crippen LogP contribution in [0.2, 0.25) is 0 Å². The second-order valence-electron chi connectivity index (χ2n) is 5.93.